The summed E-state index contributed by atoms with van der Waals surface area (Å²) >= 11 is 0. The van der Waals surface area contributed by atoms with E-state index >= 15 is 0 Å². The largest absolute Gasteiger partial charge is 0.481 e. The molecule has 0 aliphatic heterocycles. The highest BCUT2D eigenvalue weighted by Crippen LogP contribution is 2.24. The molecule has 7 heteroatoms. The molecule has 0 aromatic carbocycles. The Kier molecular flexibility index (Phi) is 4.19. The van der Waals surface area contributed by atoms with Gasteiger partial charge in [-0.05, 0) is 26.3 Å². The Labute approximate surface area is 104 Å². The van der Waals surface area contributed by atoms with Crippen LogP contribution in [0.25, 0.3) is 0 Å². The lowest BCUT2D eigenvalue weighted by molar-refractivity contribution is -0.384. The average Bonchev–Trinajstić information content (AvgIpc) is 2.29. The fraction of sp³-hybridized carbons (Fsp3) is 0.455. The van der Waals surface area contributed by atoms with Crippen LogP contribution in [0.1, 0.15) is 19.4 Å². The summed E-state index contributed by atoms with van der Waals surface area (Å²) in [4.78, 5) is 25.1. The van der Waals surface area contributed by atoms with E-state index < -0.39 is 22.9 Å². The molecule has 1 aromatic rings. The number of hydrogen-bond donors (Lipinski definition) is 2. The second kappa shape index (κ2) is 5.44. The van der Waals surface area contributed by atoms with Gasteiger partial charge in [-0.25, -0.2) is 4.98 Å². The van der Waals surface area contributed by atoms with Gasteiger partial charge in [0, 0.05) is 18.3 Å². The van der Waals surface area contributed by atoms with Crippen molar-refractivity contribution < 1.29 is 14.8 Å². The number of nitrogens with zero attached hydrogens (tertiary/aromatic N) is 2. The number of aromatic nitrogens is 1. The Morgan fingerprint density at radius 3 is 2.67 bits per heavy atom. The van der Waals surface area contributed by atoms with Gasteiger partial charge in [0.15, 0.2) is 0 Å². The molecule has 98 valence electrons. The van der Waals surface area contributed by atoms with Crippen LogP contribution in [0.15, 0.2) is 12.3 Å². The maximum atomic E-state index is 10.9. The Morgan fingerprint density at radius 1 is 1.56 bits per heavy atom. The average molecular weight is 253 g/mol. The minimum atomic E-state index is -0.968. The van der Waals surface area contributed by atoms with Crippen molar-refractivity contribution in [3.63, 3.8) is 0 Å². The maximum Gasteiger partial charge on any atom is 0.311 e. The molecule has 0 aliphatic carbocycles. The molecule has 2 atom stereocenters. The van der Waals surface area contributed by atoms with E-state index in [0.717, 1.165) is 0 Å². The minimum absolute atomic E-state index is 0.0891. The smallest absolute Gasteiger partial charge is 0.311 e. The molecule has 1 aromatic heterocycles. The molecule has 0 spiro atoms. The van der Waals surface area contributed by atoms with Crippen molar-refractivity contribution in [2.45, 2.75) is 26.8 Å². The molecule has 2 unspecified atom stereocenters. The van der Waals surface area contributed by atoms with Crippen LogP contribution in [0.2, 0.25) is 0 Å². The first-order chi connectivity index (χ1) is 8.32. The van der Waals surface area contributed by atoms with Gasteiger partial charge in [0.25, 0.3) is 0 Å². The summed E-state index contributed by atoms with van der Waals surface area (Å²) in [5.74, 6) is -1.55. The number of carboxylic acids is 1. The topological polar surface area (TPSA) is 105 Å². The third-order valence-electron chi connectivity index (χ3n) is 2.70. The normalized spacial score (nSPS) is 13.7. The van der Waals surface area contributed by atoms with E-state index in [2.05, 4.69) is 10.3 Å². The van der Waals surface area contributed by atoms with Gasteiger partial charge < -0.3 is 10.4 Å². The number of anilines is 1. The summed E-state index contributed by atoms with van der Waals surface area (Å²) in [7, 11) is 0. The summed E-state index contributed by atoms with van der Waals surface area (Å²) in [5.41, 5.74) is 0.519. The van der Waals surface area contributed by atoms with Gasteiger partial charge in [0.05, 0.1) is 10.8 Å². The SMILES string of the molecule is Cc1cnc(NC(C)C(C)C(=O)O)c([N+](=O)[O-])c1. The van der Waals surface area contributed by atoms with E-state index in [4.69, 9.17) is 5.11 Å². The van der Waals surface area contributed by atoms with Gasteiger partial charge in [0.2, 0.25) is 5.82 Å². The number of aliphatic carboxylic acids is 1. The number of nitro groups is 1. The monoisotopic (exact) mass is 253 g/mol. The number of pyridine rings is 1. The molecule has 0 radical (unpaired) electrons. The third-order valence-corrected chi connectivity index (χ3v) is 2.70. The molecule has 1 rings (SSSR count). The predicted molar refractivity (Wildman–Crippen MR) is 65.5 cm³/mol. The first kappa shape index (κ1) is 13.9. The lowest BCUT2D eigenvalue weighted by atomic mass is 10.0. The van der Waals surface area contributed by atoms with E-state index in [0.29, 0.717) is 5.56 Å². The quantitative estimate of drug-likeness (QED) is 0.612. The second-order valence-corrected chi connectivity index (χ2v) is 4.20. The summed E-state index contributed by atoms with van der Waals surface area (Å²) in [6.07, 6.45) is 1.49. The van der Waals surface area contributed by atoms with E-state index in [1.165, 1.54) is 19.2 Å². The first-order valence-electron chi connectivity index (χ1n) is 5.43. The number of hydrogen-bond acceptors (Lipinski definition) is 5. The summed E-state index contributed by atoms with van der Waals surface area (Å²) in [6.45, 7) is 4.87. The molecule has 18 heavy (non-hydrogen) atoms. The number of rotatable bonds is 5. The Bertz CT molecular complexity index is 475. The van der Waals surface area contributed by atoms with Crippen LogP contribution in [-0.4, -0.2) is 27.0 Å². The molecule has 0 bridgehead atoms. The first-order valence-corrected chi connectivity index (χ1v) is 5.43. The van der Waals surface area contributed by atoms with Crippen molar-refractivity contribution in [3.05, 3.63) is 27.9 Å². The number of aryl methyl sites for hydroxylation is 1. The van der Waals surface area contributed by atoms with Gasteiger partial charge >= 0.3 is 11.7 Å². The summed E-state index contributed by atoms with van der Waals surface area (Å²) in [6, 6.07) is 0.935. The van der Waals surface area contributed by atoms with E-state index in [-0.39, 0.29) is 11.5 Å². The van der Waals surface area contributed by atoms with Gasteiger partial charge in [-0.3, -0.25) is 14.9 Å². The van der Waals surface area contributed by atoms with Crippen LogP contribution in [0.3, 0.4) is 0 Å². The van der Waals surface area contributed by atoms with Crippen LogP contribution < -0.4 is 5.32 Å². The number of carboxylic acid groups (broad SMARTS) is 1. The van der Waals surface area contributed by atoms with Crippen molar-refractivity contribution in [1.29, 1.82) is 0 Å². The van der Waals surface area contributed by atoms with Crippen molar-refractivity contribution in [2.24, 2.45) is 5.92 Å². The molecule has 0 saturated heterocycles. The lowest BCUT2D eigenvalue weighted by Gasteiger charge is -2.18. The van der Waals surface area contributed by atoms with E-state index in [1.54, 1.807) is 13.8 Å². The Balaban J connectivity index is 2.97. The van der Waals surface area contributed by atoms with E-state index in [1.807, 2.05) is 0 Å². The van der Waals surface area contributed by atoms with Crippen LogP contribution in [0.5, 0.6) is 0 Å². The zero-order valence-electron chi connectivity index (χ0n) is 10.4. The highest BCUT2D eigenvalue weighted by Gasteiger charge is 2.23. The second-order valence-electron chi connectivity index (χ2n) is 4.20. The van der Waals surface area contributed by atoms with Crippen LogP contribution in [-0.2, 0) is 4.79 Å². The molecule has 0 fully saturated rings. The fourth-order valence-corrected chi connectivity index (χ4v) is 1.36. The Morgan fingerprint density at radius 2 is 2.17 bits per heavy atom. The van der Waals surface area contributed by atoms with Gasteiger partial charge in [-0.1, -0.05) is 0 Å². The molecular weight excluding hydrogens is 238 g/mol. The third kappa shape index (κ3) is 3.16. The molecule has 7 nitrogen and oxygen atoms in total. The zero-order valence-corrected chi connectivity index (χ0v) is 10.4. The minimum Gasteiger partial charge on any atom is -0.481 e. The number of nitrogens with one attached hydrogen (secondary N) is 1. The highest BCUT2D eigenvalue weighted by atomic mass is 16.6. The van der Waals surface area contributed by atoms with Crippen molar-refractivity contribution in [1.82, 2.24) is 4.98 Å². The van der Waals surface area contributed by atoms with Crippen molar-refractivity contribution in [3.8, 4) is 0 Å². The number of carbonyl (C=O) groups is 1. The lowest BCUT2D eigenvalue weighted by Crippen LogP contribution is -2.30. The zero-order chi connectivity index (χ0) is 13.9. The summed E-state index contributed by atoms with van der Waals surface area (Å²) < 4.78 is 0. The molecule has 0 amide bonds. The van der Waals surface area contributed by atoms with Gasteiger partial charge in [-0.15, -0.1) is 0 Å². The molecule has 0 saturated carbocycles. The maximum absolute atomic E-state index is 10.9. The van der Waals surface area contributed by atoms with E-state index in [9.17, 15) is 14.9 Å². The molecule has 2 N–H and O–H groups in total. The summed E-state index contributed by atoms with van der Waals surface area (Å²) in [5, 5.41) is 22.5. The van der Waals surface area contributed by atoms with Crippen LogP contribution in [0.4, 0.5) is 11.5 Å². The van der Waals surface area contributed by atoms with Crippen molar-refractivity contribution >= 4 is 17.5 Å². The van der Waals surface area contributed by atoms with Crippen LogP contribution in [0, 0.1) is 23.0 Å². The molecular formula is C11H15N3O4. The Hall–Kier alpha value is -2.18. The van der Waals surface area contributed by atoms with Crippen molar-refractivity contribution in [2.75, 3.05) is 5.32 Å². The van der Waals surface area contributed by atoms with Gasteiger partial charge in [-0.2, -0.15) is 0 Å². The standard InChI is InChI=1S/C11H15N3O4/c1-6-4-9(14(17)18)10(12-5-6)13-8(3)7(2)11(15)16/h4-5,7-8H,1-3H3,(H,12,13)(H,15,16). The fourth-order valence-electron chi connectivity index (χ4n) is 1.36. The molecule has 1 heterocycles. The molecule has 0 aliphatic rings. The highest BCUT2D eigenvalue weighted by molar-refractivity contribution is 5.71. The predicted octanol–water partition coefficient (Wildman–Crippen LogP) is 1.82. The van der Waals surface area contributed by atoms with Crippen LogP contribution >= 0.6 is 0 Å². The van der Waals surface area contributed by atoms with Gasteiger partial charge in [0.1, 0.15) is 0 Å².